The molecule has 0 saturated carbocycles. The van der Waals surface area contributed by atoms with Crippen molar-refractivity contribution < 1.29 is 9.59 Å². The highest BCUT2D eigenvalue weighted by Crippen LogP contribution is 2.20. The molecule has 0 spiro atoms. The molecule has 0 radical (unpaired) electrons. The first-order valence-corrected chi connectivity index (χ1v) is 9.25. The number of H-pyrrole nitrogens is 1. The number of piperazine rings is 1. The van der Waals surface area contributed by atoms with Crippen LogP contribution in [0.5, 0.6) is 0 Å². The van der Waals surface area contributed by atoms with E-state index >= 15 is 0 Å². The molecule has 26 heavy (non-hydrogen) atoms. The number of carbonyl (C=O) groups excluding carboxylic acids is 2. The molecule has 1 aromatic carbocycles. The number of carbonyl (C=O) groups is 2. The van der Waals surface area contributed by atoms with Gasteiger partial charge in [-0.2, -0.15) is 0 Å². The van der Waals surface area contributed by atoms with Crippen LogP contribution >= 0.6 is 0 Å². The predicted octanol–water partition coefficient (Wildman–Crippen LogP) is 2.97. The van der Waals surface area contributed by atoms with Crippen LogP contribution in [-0.4, -0.2) is 52.8 Å². The van der Waals surface area contributed by atoms with E-state index in [2.05, 4.69) is 24.9 Å². The molecule has 138 valence electrons. The molecule has 1 aromatic heterocycles. The lowest BCUT2D eigenvalue weighted by atomic mass is 9.97. The van der Waals surface area contributed by atoms with Gasteiger partial charge in [0.15, 0.2) is 0 Å². The topological polar surface area (TPSA) is 56.4 Å². The number of aryl methyl sites for hydroxylation is 1. The number of aromatic amines is 1. The second kappa shape index (κ2) is 7.77. The third kappa shape index (κ3) is 3.98. The van der Waals surface area contributed by atoms with Gasteiger partial charge in [-0.25, -0.2) is 0 Å². The van der Waals surface area contributed by atoms with Crippen LogP contribution in [0.2, 0.25) is 0 Å². The highest BCUT2D eigenvalue weighted by atomic mass is 16.2. The molecule has 0 aliphatic carbocycles. The maximum atomic E-state index is 12.9. The summed E-state index contributed by atoms with van der Waals surface area (Å²) in [4.78, 5) is 32.1. The van der Waals surface area contributed by atoms with Gasteiger partial charge in [0.25, 0.3) is 5.91 Å². The first-order valence-electron chi connectivity index (χ1n) is 9.25. The highest BCUT2D eigenvalue weighted by Gasteiger charge is 2.26. The summed E-state index contributed by atoms with van der Waals surface area (Å²) in [6, 6.07) is 9.95. The van der Waals surface area contributed by atoms with Crippen molar-refractivity contribution in [2.45, 2.75) is 33.1 Å². The summed E-state index contributed by atoms with van der Waals surface area (Å²) in [7, 11) is 0. The smallest absolute Gasteiger partial charge is 0.254 e. The molecule has 2 amide bonds. The van der Waals surface area contributed by atoms with Crippen molar-refractivity contribution in [1.82, 2.24) is 14.8 Å². The zero-order valence-electron chi connectivity index (χ0n) is 15.8. The van der Waals surface area contributed by atoms with Gasteiger partial charge in [-0.15, -0.1) is 0 Å². The summed E-state index contributed by atoms with van der Waals surface area (Å²) in [6.07, 6.45) is 2.21. The van der Waals surface area contributed by atoms with E-state index in [1.165, 1.54) is 5.56 Å². The molecule has 1 fully saturated rings. The third-order valence-corrected chi connectivity index (χ3v) is 5.08. The number of hydrogen-bond donors (Lipinski definition) is 1. The van der Waals surface area contributed by atoms with E-state index in [9.17, 15) is 9.59 Å². The van der Waals surface area contributed by atoms with Crippen molar-refractivity contribution in [2.75, 3.05) is 26.2 Å². The van der Waals surface area contributed by atoms with Crippen LogP contribution in [0.15, 0.2) is 36.5 Å². The Bertz CT molecular complexity index is 773. The second-order valence-electron chi connectivity index (χ2n) is 7.27. The largest absolute Gasteiger partial charge is 0.365 e. The van der Waals surface area contributed by atoms with Crippen molar-refractivity contribution in [3.63, 3.8) is 0 Å². The number of aromatic nitrogens is 1. The van der Waals surface area contributed by atoms with Crippen LogP contribution in [0.3, 0.4) is 0 Å². The van der Waals surface area contributed by atoms with Crippen molar-refractivity contribution in [1.29, 1.82) is 0 Å². The first-order chi connectivity index (χ1) is 12.5. The zero-order chi connectivity index (χ0) is 18.7. The minimum absolute atomic E-state index is 0.0708. The molecule has 2 aromatic rings. The van der Waals surface area contributed by atoms with Crippen molar-refractivity contribution in [3.05, 3.63) is 58.9 Å². The predicted molar refractivity (Wildman–Crippen MR) is 102 cm³/mol. The molecule has 2 heterocycles. The lowest BCUT2D eigenvalue weighted by Gasteiger charge is -2.35. The van der Waals surface area contributed by atoms with Gasteiger partial charge in [0.2, 0.25) is 5.91 Å². The Hall–Kier alpha value is -2.56. The molecule has 3 rings (SSSR count). The van der Waals surface area contributed by atoms with E-state index in [0.29, 0.717) is 38.5 Å². The number of rotatable bonds is 4. The lowest BCUT2D eigenvalue weighted by molar-refractivity contribution is -0.132. The normalized spacial score (nSPS) is 14.8. The van der Waals surface area contributed by atoms with E-state index < -0.39 is 0 Å². The van der Waals surface area contributed by atoms with E-state index in [0.717, 1.165) is 16.8 Å². The first kappa shape index (κ1) is 18.2. The van der Waals surface area contributed by atoms with Gasteiger partial charge < -0.3 is 14.8 Å². The minimum Gasteiger partial charge on any atom is -0.365 e. The summed E-state index contributed by atoms with van der Waals surface area (Å²) >= 11 is 0. The standard InChI is InChI=1S/C21H27N3O2/c1-15(2)17-7-6-16(3)19(13-17)21(26)24-11-9-23(10-12-24)20(25)14-18-5-4-8-22-18/h4-8,13,15,22H,9-12,14H2,1-3H3. The number of nitrogens with zero attached hydrogens (tertiary/aromatic N) is 2. The summed E-state index contributed by atoms with van der Waals surface area (Å²) < 4.78 is 0. The fraction of sp³-hybridized carbons (Fsp3) is 0.429. The molecule has 5 heteroatoms. The van der Waals surface area contributed by atoms with Crippen LogP contribution in [-0.2, 0) is 11.2 Å². The number of benzene rings is 1. The maximum absolute atomic E-state index is 12.9. The Labute approximate surface area is 155 Å². The number of amides is 2. The monoisotopic (exact) mass is 353 g/mol. The molecular formula is C21H27N3O2. The lowest BCUT2D eigenvalue weighted by Crippen LogP contribution is -2.51. The Balaban J connectivity index is 1.62. The van der Waals surface area contributed by atoms with Gasteiger partial charge in [-0.3, -0.25) is 9.59 Å². The van der Waals surface area contributed by atoms with Crippen LogP contribution < -0.4 is 0 Å². The Morgan fingerprint density at radius 2 is 1.77 bits per heavy atom. The number of nitrogens with one attached hydrogen (secondary N) is 1. The summed E-state index contributed by atoms with van der Waals surface area (Å²) in [5.41, 5.74) is 3.89. The molecule has 0 unspecified atom stereocenters. The Kier molecular flexibility index (Phi) is 5.45. The van der Waals surface area contributed by atoms with Gasteiger partial charge in [0.05, 0.1) is 6.42 Å². The van der Waals surface area contributed by atoms with Crippen molar-refractivity contribution in [3.8, 4) is 0 Å². The van der Waals surface area contributed by atoms with Gasteiger partial charge in [0.1, 0.15) is 0 Å². The molecule has 1 aliphatic heterocycles. The SMILES string of the molecule is Cc1ccc(C(C)C)cc1C(=O)N1CCN(C(=O)Cc2ccc[nH]2)CC1. The van der Waals surface area contributed by atoms with Gasteiger partial charge >= 0.3 is 0 Å². The van der Waals surface area contributed by atoms with Crippen LogP contribution in [0.1, 0.15) is 46.9 Å². The van der Waals surface area contributed by atoms with Gasteiger partial charge in [0, 0.05) is 43.6 Å². The molecule has 0 bridgehead atoms. The van der Waals surface area contributed by atoms with Gasteiger partial charge in [-0.05, 0) is 42.2 Å². The maximum Gasteiger partial charge on any atom is 0.254 e. The van der Waals surface area contributed by atoms with E-state index in [4.69, 9.17) is 0 Å². The van der Waals surface area contributed by atoms with Gasteiger partial charge in [-0.1, -0.05) is 26.0 Å². The van der Waals surface area contributed by atoms with Crippen molar-refractivity contribution in [2.24, 2.45) is 0 Å². The van der Waals surface area contributed by atoms with Crippen LogP contribution in [0, 0.1) is 6.92 Å². The molecule has 5 nitrogen and oxygen atoms in total. The zero-order valence-corrected chi connectivity index (χ0v) is 15.8. The van der Waals surface area contributed by atoms with E-state index in [-0.39, 0.29) is 11.8 Å². The van der Waals surface area contributed by atoms with Crippen molar-refractivity contribution >= 4 is 11.8 Å². The van der Waals surface area contributed by atoms with Crippen LogP contribution in [0.4, 0.5) is 0 Å². The summed E-state index contributed by atoms with van der Waals surface area (Å²) in [5.74, 6) is 0.573. The summed E-state index contributed by atoms with van der Waals surface area (Å²) in [5, 5.41) is 0. The van der Waals surface area contributed by atoms with E-state index in [1.54, 1.807) is 0 Å². The quantitative estimate of drug-likeness (QED) is 0.919. The average molecular weight is 353 g/mol. The fourth-order valence-electron chi connectivity index (χ4n) is 3.31. The molecule has 0 atom stereocenters. The summed E-state index contributed by atoms with van der Waals surface area (Å²) in [6.45, 7) is 8.60. The third-order valence-electron chi connectivity index (χ3n) is 5.08. The number of hydrogen-bond acceptors (Lipinski definition) is 2. The average Bonchev–Trinajstić information content (AvgIpc) is 3.14. The Morgan fingerprint density at radius 3 is 2.38 bits per heavy atom. The second-order valence-corrected chi connectivity index (χ2v) is 7.27. The fourth-order valence-corrected chi connectivity index (χ4v) is 3.31. The molecule has 1 N–H and O–H groups in total. The molecule has 1 saturated heterocycles. The molecular weight excluding hydrogens is 326 g/mol. The minimum atomic E-state index is 0.0708. The van der Waals surface area contributed by atoms with E-state index in [1.807, 2.05) is 47.2 Å². The highest BCUT2D eigenvalue weighted by molar-refractivity contribution is 5.96. The van der Waals surface area contributed by atoms with Crippen LogP contribution in [0.25, 0.3) is 0 Å². The molecule has 1 aliphatic rings. The Morgan fingerprint density at radius 1 is 1.08 bits per heavy atom.